The number of aliphatic imine (C=N–C) groups is 1. The number of guanidine groups is 1. The number of ether oxygens (including phenoxy) is 1. The third-order valence-corrected chi connectivity index (χ3v) is 4.40. The standard InChI is InChI=1S/C17H23FN4OS.HI/c1-11(23-15-7-5-6-14(18)8-15)9-20-17(19-4)21-10-16-12(2)22-13(3)24-16;/h5-8,11H,9-10H2,1-4H3,(H2,19,20,21);1H. The van der Waals surface area contributed by atoms with Crippen LogP contribution in [0, 0.1) is 19.7 Å². The van der Waals surface area contributed by atoms with Gasteiger partial charge in [0.1, 0.15) is 17.7 Å². The van der Waals surface area contributed by atoms with Crippen molar-refractivity contribution in [3.05, 3.63) is 45.7 Å². The van der Waals surface area contributed by atoms with Crippen LogP contribution in [-0.4, -0.2) is 30.6 Å². The molecule has 1 unspecified atom stereocenters. The molecule has 0 amide bonds. The fourth-order valence-corrected chi connectivity index (χ4v) is 3.05. The summed E-state index contributed by atoms with van der Waals surface area (Å²) in [6.45, 7) is 7.15. The van der Waals surface area contributed by atoms with Gasteiger partial charge < -0.3 is 15.4 Å². The van der Waals surface area contributed by atoms with Gasteiger partial charge in [0.25, 0.3) is 0 Å². The fourth-order valence-electron chi connectivity index (χ4n) is 2.18. The minimum atomic E-state index is -0.305. The number of rotatable bonds is 6. The Morgan fingerprint density at radius 3 is 2.72 bits per heavy atom. The Hall–Kier alpha value is -1.42. The van der Waals surface area contributed by atoms with Gasteiger partial charge >= 0.3 is 0 Å². The Kier molecular flexibility index (Phi) is 9.12. The Morgan fingerprint density at radius 1 is 1.36 bits per heavy atom. The van der Waals surface area contributed by atoms with Gasteiger partial charge in [0.05, 0.1) is 23.8 Å². The lowest BCUT2D eigenvalue weighted by molar-refractivity contribution is 0.223. The van der Waals surface area contributed by atoms with Crippen LogP contribution in [0.1, 0.15) is 22.5 Å². The molecular weight excluding hydrogens is 454 g/mol. The normalized spacial score (nSPS) is 12.3. The SMILES string of the molecule is CN=C(NCc1sc(C)nc1C)NCC(C)Oc1cccc(F)c1.I. The van der Waals surface area contributed by atoms with Gasteiger partial charge in [-0.15, -0.1) is 35.3 Å². The zero-order valence-corrected chi connectivity index (χ0v) is 17.9. The van der Waals surface area contributed by atoms with Crippen LogP contribution in [-0.2, 0) is 6.54 Å². The Morgan fingerprint density at radius 2 is 2.12 bits per heavy atom. The second-order valence-corrected chi connectivity index (χ2v) is 6.72. The van der Waals surface area contributed by atoms with Crippen LogP contribution in [0.4, 0.5) is 4.39 Å². The van der Waals surface area contributed by atoms with Crippen molar-refractivity contribution in [2.75, 3.05) is 13.6 Å². The molecule has 138 valence electrons. The maximum absolute atomic E-state index is 13.2. The van der Waals surface area contributed by atoms with Crippen LogP contribution in [0.15, 0.2) is 29.3 Å². The third kappa shape index (κ3) is 7.15. The molecule has 0 spiro atoms. The van der Waals surface area contributed by atoms with Gasteiger partial charge in [-0.3, -0.25) is 4.99 Å². The molecule has 0 bridgehead atoms. The molecule has 1 aromatic carbocycles. The van der Waals surface area contributed by atoms with E-state index < -0.39 is 0 Å². The third-order valence-electron chi connectivity index (χ3n) is 3.33. The first-order chi connectivity index (χ1) is 11.5. The summed E-state index contributed by atoms with van der Waals surface area (Å²) in [5.74, 6) is 0.901. The lowest BCUT2D eigenvalue weighted by atomic mass is 10.3. The predicted octanol–water partition coefficient (Wildman–Crippen LogP) is 3.65. The highest BCUT2D eigenvalue weighted by molar-refractivity contribution is 14.0. The lowest BCUT2D eigenvalue weighted by Gasteiger charge is -2.17. The van der Waals surface area contributed by atoms with E-state index in [-0.39, 0.29) is 35.9 Å². The minimum Gasteiger partial charge on any atom is -0.489 e. The molecule has 0 radical (unpaired) electrons. The molecule has 0 saturated heterocycles. The van der Waals surface area contributed by atoms with Crippen molar-refractivity contribution in [1.82, 2.24) is 15.6 Å². The molecule has 5 nitrogen and oxygen atoms in total. The molecule has 0 aliphatic carbocycles. The lowest BCUT2D eigenvalue weighted by Crippen LogP contribution is -2.41. The smallest absolute Gasteiger partial charge is 0.191 e. The summed E-state index contributed by atoms with van der Waals surface area (Å²) in [6, 6.07) is 6.13. The number of nitrogens with one attached hydrogen (secondary N) is 2. The summed E-state index contributed by atoms with van der Waals surface area (Å²) in [7, 11) is 1.72. The molecule has 25 heavy (non-hydrogen) atoms. The Bertz CT molecular complexity index is 708. The maximum Gasteiger partial charge on any atom is 0.191 e. The average Bonchev–Trinajstić information content (AvgIpc) is 2.85. The molecule has 2 rings (SSSR count). The molecule has 2 aromatic rings. The fraction of sp³-hybridized carbons (Fsp3) is 0.412. The van der Waals surface area contributed by atoms with Gasteiger partial charge in [0.2, 0.25) is 0 Å². The van der Waals surface area contributed by atoms with Crippen LogP contribution in [0.5, 0.6) is 5.75 Å². The predicted molar refractivity (Wildman–Crippen MR) is 112 cm³/mol. The summed E-state index contributed by atoms with van der Waals surface area (Å²) in [6.07, 6.45) is -0.127. The molecule has 0 fully saturated rings. The highest BCUT2D eigenvalue weighted by atomic mass is 127. The van der Waals surface area contributed by atoms with Crippen molar-refractivity contribution in [1.29, 1.82) is 0 Å². The number of thiazole rings is 1. The minimum absolute atomic E-state index is 0. The molecular formula is C17H24FIN4OS. The van der Waals surface area contributed by atoms with E-state index >= 15 is 0 Å². The summed E-state index contributed by atoms with van der Waals surface area (Å²) < 4.78 is 18.8. The quantitative estimate of drug-likeness (QED) is 0.378. The van der Waals surface area contributed by atoms with Crippen molar-refractivity contribution in [2.45, 2.75) is 33.4 Å². The van der Waals surface area contributed by atoms with E-state index in [4.69, 9.17) is 4.74 Å². The van der Waals surface area contributed by atoms with Crippen molar-refractivity contribution < 1.29 is 9.13 Å². The zero-order valence-electron chi connectivity index (χ0n) is 14.8. The summed E-state index contributed by atoms with van der Waals surface area (Å²) in [5.41, 5.74) is 1.04. The van der Waals surface area contributed by atoms with Crippen LogP contribution < -0.4 is 15.4 Å². The number of hydrogen-bond acceptors (Lipinski definition) is 4. The number of benzene rings is 1. The second-order valence-electron chi connectivity index (χ2n) is 5.43. The van der Waals surface area contributed by atoms with Crippen molar-refractivity contribution >= 4 is 41.3 Å². The molecule has 2 N–H and O–H groups in total. The maximum atomic E-state index is 13.2. The van der Waals surface area contributed by atoms with Crippen LogP contribution in [0.25, 0.3) is 0 Å². The summed E-state index contributed by atoms with van der Waals surface area (Å²) in [5, 5.41) is 7.53. The van der Waals surface area contributed by atoms with Gasteiger partial charge in [-0.05, 0) is 32.9 Å². The second kappa shape index (κ2) is 10.5. The molecule has 1 heterocycles. The van der Waals surface area contributed by atoms with Crippen LogP contribution >= 0.6 is 35.3 Å². The number of hydrogen-bond donors (Lipinski definition) is 2. The highest BCUT2D eigenvalue weighted by Gasteiger charge is 2.08. The molecule has 1 atom stereocenters. The van der Waals surface area contributed by atoms with E-state index in [1.165, 1.54) is 17.0 Å². The topological polar surface area (TPSA) is 58.5 Å². The number of aromatic nitrogens is 1. The molecule has 0 saturated carbocycles. The summed E-state index contributed by atoms with van der Waals surface area (Å²) in [4.78, 5) is 9.80. The molecule has 0 aliphatic heterocycles. The van der Waals surface area contributed by atoms with E-state index in [0.29, 0.717) is 24.8 Å². The Balaban J connectivity index is 0.00000312. The van der Waals surface area contributed by atoms with Gasteiger partial charge in [0, 0.05) is 18.0 Å². The number of halogens is 2. The first-order valence-corrected chi connectivity index (χ1v) is 8.59. The summed E-state index contributed by atoms with van der Waals surface area (Å²) >= 11 is 1.68. The van der Waals surface area contributed by atoms with E-state index in [0.717, 1.165) is 10.7 Å². The van der Waals surface area contributed by atoms with Gasteiger partial charge in [-0.2, -0.15) is 0 Å². The first-order valence-electron chi connectivity index (χ1n) is 7.77. The van der Waals surface area contributed by atoms with E-state index in [2.05, 4.69) is 20.6 Å². The van der Waals surface area contributed by atoms with E-state index in [1.54, 1.807) is 30.5 Å². The first kappa shape index (κ1) is 21.6. The Labute approximate surface area is 169 Å². The van der Waals surface area contributed by atoms with Gasteiger partial charge in [-0.1, -0.05) is 6.07 Å². The average molecular weight is 478 g/mol. The zero-order chi connectivity index (χ0) is 17.5. The largest absolute Gasteiger partial charge is 0.489 e. The van der Waals surface area contributed by atoms with Crippen molar-refractivity contribution in [3.63, 3.8) is 0 Å². The monoisotopic (exact) mass is 478 g/mol. The van der Waals surface area contributed by atoms with E-state index in [9.17, 15) is 4.39 Å². The van der Waals surface area contributed by atoms with Crippen molar-refractivity contribution in [2.24, 2.45) is 4.99 Å². The van der Waals surface area contributed by atoms with E-state index in [1.807, 2.05) is 20.8 Å². The number of aryl methyl sites for hydroxylation is 2. The van der Waals surface area contributed by atoms with Gasteiger partial charge in [0.15, 0.2) is 5.96 Å². The van der Waals surface area contributed by atoms with Crippen LogP contribution in [0.3, 0.4) is 0 Å². The number of nitrogens with zero attached hydrogens (tertiary/aromatic N) is 2. The van der Waals surface area contributed by atoms with Gasteiger partial charge in [-0.25, -0.2) is 9.37 Å². The highest BCUT2D eigenvalue weighted by Crippen LogP contribution is 2.16. The molecule has 0 aliphatic rings. The molecule has 1 aromatic heterocycles. The molecule has 8 heteroatoms. The van der Waals surface area contributed by atoms with Crippen LogP contribution in [0.2, 0.25) is 0 Å². The van der Waals surface area contributed by atoms with Crippen molar-refractivity contribution in [3.8, 4) is 5.75 Å².